The Labute approximate surface area is 200 Å². The van der Waals surface area contributed by atoms with E-state index in [4.69, 9.17) is 0 Å². The molecule has 1 aliphatic rings. The minimum absolute atomic E-state index is 0.203. The molecular formula is C23H22FN7O3S. The number of hydrogen-bond acceptors (Lipinski definition) is 7. The van der Waals surface area contributed by atoms with Crippen LogP contribution in [0.15, 0.2) is 49.1 Å². The van der Waals surface area contributed by atoms with Gasteiger partial charge in [0.15, 0.2) is 11.6 Å². The number of carbonyl (C=O) groups is 1. The Balaban J connectivity index is 1.47. The second-order valence-electron chi connectivity index (χ2n) is 8.42. The van der Waals surface area contributed by atoms with E-state index in [9.17, 15) is 13.2 Å². The van der Waals surface area contributed by atoms with Gasteiger partial charge in [0.05, 0.1) is 11.3 Å². The molecule has 0 radical (unpaired) electrons. The van der Waals surface area contributed by atoms with Gasteiger partial charge in [0.1, 0.15) is 5.65 Å². The number of aromatic amines is 1. The number of nitrogens with one attached hydrogen (secondary N) is 3. The van der Waals surface area contributed by atoms with Crippen LogP contribution in [0.2, 0.25) is 0 Å². The number of aromatic nitrogens is 4. The molecule has 0 spiro atoms. The van der Waals surface area contributed by atoms with E-state index in [1.165, 1.54) is 38.5 Å². The van der Waals surface area contributed by atoms with E-state index < -0.39 is 21.8 Å². The zero-order valence-electron chi connectivity index (χ0n) is 18.9. The SMILES string of the molecule is CN(C)S(=O)(=O)Nc1cccc(C(=O)c2c[nH]c3ncc(-c4cnc(NC5CC5)nc4)cc23)c1F. The minimum Gasteiger partial charge on any atom is -0.351 e. The van der Waals surface area contributed by atoms with E-state index in [0.717, 1.165) is 17.1 Å². The molecule has 1 aromatic carbocycles. The number of rotatable bonds is 8. The summed E-state index contributed by atoms with van der Waals surface area (Å²) in [5.41, 5.74) is 1.47. The second-order valence-corrected chi connectivity index (χ2v) is 10.3. The molecule has 0 atom stereocenters. The number of anilines is 2. The number of halogens is 1. The molecular weight excluding hydrogens is 473 g/mol. The Morgan fingerprint density at radius 2 is 1.80 bits per heavy atom. The summed E-state index contributed by atoms with van der Waals surface area (Å²) in [5.74, 6) is -1.02. The molecule has 180 valence electrons. The van der Waals surface area contributed by atoms with Crippen LogP contribution in [-0.2, 0) is 10.2 Å². The summed E-state index contributed by atoms with van der Waals surface area (Å²) in [4.78, 5) is 29.3. The molecule has 1 saturated carbocycles. The molecule has 5 rings (SSSR count). The van der Waals surface area contributed by atoms with E-state index in [-0.39, 0.29) is 16.8 Å². The third-order valence-electron chi connectivity index (χ3n) is 5.63. The zero-order valence-corrected chi connectivity index (χ0v) is 19.7. The minimum atomic E-state index is -3.95. The lowest BCUT2D eigenvalue weighted by atomic mass is 10.0. The van der Waals surface area contributed by atoms with Crippen molar-refractivity contribution in [3.8, 4) is 11.1 Å². The predicted octanol–water partition coefficient (Wildman–Crippen LogP) is 3.18. The largest absolute Gasteiger partial charge is 0.351 e. The molecule has 4 aromatic rings. The van der Waals surface area contributed by atoms with Crippen molar-refractivity contribution in [1.29, 1.82) is 0 Å². The van der Waals surface area contributed by atoms with Crippen molar-refractivity contribution in [2.45, 2.75) is 18.9 Å². The van der Waals surface area contributed by atoms with Gasteiger partial charge in [0.25, 0.3) is 0 Å². The molecule has 3 heterocycles. The van der Waals surface area contributed by atoms with Crippen molar-refractivity contribution < 1.29 is 17.6 Å². The molecule has 1 aliphatic carbocycles. The Morgan fingerprint density at radius 3 is 2.49 bits per heavy atom. The third kappa shape index (κ3) is 4.57. The first kappa shape index (κ1) is 22.9. The molecule has 0 amide bonds. The van der Waals surface area contributed by atoms with Gasteiger partial charge in [-0.3, -0.25) is 9.52 Å². The molecule has 12 heteroatoms. The summed E-state index contributed by atoms with van der Waals surface area (Å²) in [5, 5.41) is 3.72. The number of fused-ring (bicyclic) bond motifs is 1. The standard InChI is InChI=1S/C23H22FN7O3S/c1-31(2)35(33,34)30-19-5-3-4-16(20(19)24)21(32)18-12-26-22-17(18)8-13(9-25-22)14-10-27-23(28-11-14)29-15-6-7-15/h3-5,8-12,15,30H,6-7H2,1-2H3,(H,25,26)(H,27,28,29). The fourth-order valence-corrected chi connectivity index (χ4v) is 4.09. The van der Waals surface area contributed by atoms with Gasteiger partial charge in [-0.25, -0.2) is 19.3 Å². The summed E-state index contributed by atoms with van der Waals surface area (Å²) in [6.07, 6.45) is 8.67. The Bertz CT molecular complexity index is 1530. The van der Waals surface area contributed by atoms with Crippen molar-refractivity contribution >= 4 is 38.7 Å². The molecule has 0 unspecified atom stereocenters. The van der Waals surface area contributed by atoms with Gasteiger partial charge in [-0.15, -0.1) is 0 Å². The lowest BCUT2D eigenvalue weighted by Crippen LogP contribution is -2.29. The highest BCUT2D eigenvalue weighted by atomic mass is 32.2. The van der Waals surface area contributed by atoms with E-state index in [0.29, 0.717) is 34.2 Å². The molecule has 0 saturated heterocycles. The van der Waals surface area contributed by atoms with Crippen molar-refractivity contribution in [3.05, 3.63) is 66.0 Å². The monoisotopic (exact) mass is 495 g/mol. The van der Waals surface area contributed by atoms with Crippen LogP contribution < -0.4 is 10.0 Å². The van der Waals surface area contributed by atoms with Crippen LogP contribution in [-0.4, -0.2) is 58.6 Å². The van der Waals surface area contributed by atoms with Gasteiger partial charge < -0.3 is 10.3 Å². The summed E-state index contributed by atoms with van der Waals surface area (Å²) >= 11 is 0. The Morgan fingerprint density at radius 1 is 1.09 bits per heavy atom. The second kappa shape index (κ2) is 8.71. The van der Waals surface area contributed by atoms with Crippen LogP contribution in [0, 0.1) is 5.82 Å². The quantitative estimate of drug-likeness (QED) is 0.320. The van der Waals surface area contributed by atoms with Crippen LogP contribution in [0.1, 0.15) is 28.8 Å². The normalized spacial score (nSPS) is 13.8. The topological polar surface area (TPSA) is 133 Å². The molecule has 3 aromatic heterocycles. The fourth-order valence-electron chi connectivity index (χ4n) is 3.47. The lowest BCUT2D eigenvalue weighted by molar-refractivity contribution is 0.103. The third-order valence-corrected chi connectivity index (χ3v) is 7.07. The summed E-state index contributed by atoms with van der Waals surface area (Å²) < 4.78 is 42.5. The number of ketones is 1. The summed E-state index contributed by atoms with van der Waals surface area (Å²) in [6, 6.07) is 6.17. The van der Waals surface area contributed by atoms with Gasteiger partial charge in [0, 0.05) is 67.0 Å². The maximum atomic E-state index is 15.2. The first-order valence-electron chi connectivity index (χ1n) is 10.8. The highest BCUT2D eigenvalue weighted by molar-refractivity contribution is 7.90. The zero-order chi connectivity index (χ0) is 24.7. The van der Waals surface area contributed by atoms with E-state index >= 15 is 4.39 Å². The van der Waals surface area contributed by atoms with Gasteiger partial charge in [-0.1, -0.05) is 6.07 Å². The molecule has 0 aliphatic heterocycles. The molecule has 3 N–H and O–H groups in total. The van der Waals surface area contributed by atoms with Crippen molar-refractivity contribution in [3.63, 3.8) is 0 Å². The number of carbonyl (C=O) groups excluding carboxylic acids is 1. The van der Waals surface area contributed by atoms with Gasteiger partial charge in [0.2, 0.25) is 5.95 Å². The number of pyridine rings is 1. The molecule has 0 bridgehead atoms. The van der Waals surface area contributed by atoms with E-state index in [1.807, 2.05) is 0 Å². The smallest absolute Gasteiger partial charge is 0.301 e. The van der Waals surface area contributed by atoms with Gasteiger partial charge in [-0.05, 0) is 31.0 Å². The van der Waals surface area contributed by atoms with Gasteiger partial charge in [-0.2, -0.15) is 12.7 Å². The first-order chi connectivity index (χ1) is 16.7. The highest BCUT2D eigenvalue weighted by Gasteiger charge is 2.24. The Kier molecular flexibility index (Phi) is 5.69. The number of benzene rings is 1. The highest BCUT2D eigenvalue weighted by Crippen LogP contribution is 2.29. The summed E-state index contributed by atoms with van der Waals surface area (Å²) in [7, 11) is -1.32. The number of hydrogen-bond donors (Lipinski definition) is 3. The molecule has 10 nitrogen and oxygen atoms in total. The van der Waals surface area contributed by atoms with E-state index in [1.54, 1.807) is 24.7 Å². The maximum Gasteiger partial charge on any atom is 0.301 e. The average molecular weight is 496 g/mol. The van der Waals surface area contributed by atoms with Crippen molar-refractivity contribution in [2.75, 3.05) is 24.1 Å². The fraction of sp³-hybridized carbons (Fsp3) is 0.217. The first-order valence-corrected chi connectivity index (χ1v) is 12.3. The summed E-state index contributed by atoms with van der Waals surface area (Å²) in [6.45, 7) is 0. The van der Waals surface area contributed by atoms with Gasteiger partial charge >= 0.3 is 10.2 Å². The maximum absolute atomic E-state index is 15.2. The van der Waals surface area contributed by atoms with Crippen LogP contribution in [0.3, 0.4) is 0 Å². The van der Waals surface area contributed by atoms with E-state index in [2.05, 4.69) is 30.0 Å². The number of nitrogens with zero attached hydrogens (tertiary/aromatic N) is 4. The van der Waals surface area contributed by atoms with Crippen LogP contribution >= 0.6 is 0 Å². The lowest BCUT2D eigenvalue weighted by Gasteiger charge is -2.14. The van der Waals surface area contributed by atoms with Crippen LogP contribution in [0.4, 0.5) is 16.0 Å². The predicted molar refractivity (Wildman–Crippen MR) is 130 cm³/mol. The molecule has 1 fully saturated rings. The molecule has 35 heavy (non-hydrogen) atoms. The van der Waals surface area contributed by atoms with Crippen LogP contribution in [0.5, 0.6) is 0 Å². The van der Waals surface area contributed by atoms with Crippen molar-refractivity contribution in [2.24, 2.45) is 0 Å². The van der Waals surface area contributed by atoms with Crippen LogP contribution in [0.25, 0.3) is 22.2 Å². The van der Waals surface area contributed by atoms with Crippen molar-refractivity contribution in [1.82, 2.24) is 24.2 Å². The average Bonchev–Trinajstić information content (AvgIpc) is 3.55. The Hall–Kier alpha value is -3.90. The number of H-pyrrole nitrogens is 1.